The zero-order valence-electron chi connectivity index (χ0n) is 13.1. The minimum atomic E-state index is -3.70. The number of nitrogens with zero attached hydrogens (tertiary/aromatic N) is 4. The summed E-state index contributed by atoms with van der Waals surface area (Å²) in [5.74, 6) is 0.252. The van der Waals surface area contributed by atoms with Gasteiger partial charge in [0, 0.05) is 38.4 Å². The van der Waals surface area contributed by atoms with Crippen LogP contribution >= 0.6 is 11.6 Å². The van der Waals surface area contributed by atoms with Crippen LogP contribution in [0.3, 0.4) is 0 Å². The number of sulfonamides is 1. The normalized spacial score (nSPS) is 16.0. The van der Waals surface area contributed by atoms with E-state index in [4.69, 9.17) is 11.6 Å². The number of hydrogen-bond donors (Lipinski definition) is 0. The Bertz CT molecular complexity index is 898. The van der Waals surface area contributed by atoms with Crippen LogP contribution in [0.2, 0.25) is 5.02 Å². The fraction of sp³-hybridized carbons (Fsp3) is 0.267. The van der Waals surface area contributed by atoms with E-state index < -0.39 is 14.9 Å². The summed E-state index contributed by atoms with van der Waals surface area (Å²) in [4.78, 5) is 16.5. The summed E-state index contributed by atoms with van der Waals surface area (Å²) in [5, 5.41) is 11.3. The van der Waals surface area contributed by atoms with Gasteiger partial charge in [-0.15, -0.1) is 0 Å². The number of rotatable bonds is 4. The number of benzene rings is 1. The summed E-state index contributed by atoms with van der Waals surface area (Å²) >= 11 is 6.01. The Morgan fingerprint density at radius 1 is 1.08 bits per heavy atom. The Labute approximate surface area is 149 Å². The molecule has 2 heterocycles. The summed E-state index contributed by atoms with van der Waals surface area (Å²) in [6.45, 7) is 1.01. The van der Waals surface area contributed by atoms with Gasteiger partial charge in [0.25, 0.3) is 0 Å². The smallest absolute Gasteiger partial charge is 0.311 e. The van der Waals surface area contributed by atoms with Crippen molar-refractivity contribution in [1.82, 2.24) is 9.29 Å². The first-order valence-corrected chi connectivity index (χ1v) is 9.32. The van der Waals surface area contributed by atoms with Crippen LogP contribution in [0.5, 0.6) is 0 Å². The highest BCUT2D eigenvalue weighted by Crippen LogP contribution is 2.28. The van der Waals surface area contributed by atoms with E-state index in [2.05, 4.69) is 4.98 Å². The molecule has 0 amide bonds. The second-order valence-corrected chi connectivity index (χ2v) is 7.74. The number of nitro groups is 1. The van der Waals surface area contributed by atoms with Crippen molar-refractivity contribution in [2.75, 3.05) is 31.1 Å². The van der Waals surface area contributed by atoms with Crippen LogP contribution in [0.4, 0.5) is 11.5 Å². The summed E-state index contributed by atoms with van der Waals surface area (Å²) in [7, 11) is -3.70. The van der Waals surface area contributed by atoms with E-state index in [1.54, 1.807) is 17.0 Å². The molecule has 25 heavy (non-hydrogen) atoms. The molecule has 0 bridgehead atoms. The third-order valence-corrected chi connectivity index (χ3v) is 6.35. The van der Waals surface area contributed by atoms with Crippen molar-refractivity contribution in [3.05, 3.63) is 57.7 Å². The molecule has 0 atom stereocenters. The highest BCUT2D eigenvalue weighted by molar-refractivity contribution is 7.89. The predicted molar refractivity (Wildman–Crippen MR) is 93.3 cm³/mol. The Morgan fingerprint density at radius 2 is 1.76 bits per heavy atom. The van der Waals surface area contributed by atoms with Gasteiger partial charge in [-0.3, -0.25) is 10.1 Å². The lowest BCUT2D eigenvalue weighted by Crippen LogP contribution is -2.49. The van der Waals surface area contributed by atoms with Gasteiger partial charge >= 0.3 is 5.69 Å². The second kappa shape index (κ2) is 6.95. The van der Waals surface area contributed by atoms with Gasteiger partial charge in [0.2, 0.25) is 15.8 Å². The standard InChI is InChI=1S/C15H15ClN4O4S/c16-12-4-1-2-6-14(12)25(23,24)19-10-8-18(9-11-19)15-13(20(21)22)5-3-7-17-15/h1-7H,8-11H2. The van der Waals surface area contributed by atoms with Crippen LogP contribution in [-0.2, 0) is 10.0 Å². The molecule has 1 aliphatic rings. The van der Waals surface area contributed by atoms with Gasteiger partial charge in [0.05, 0.1) is 9.95 Å². The van der Waals surface area contributed by atoms with Crippen LogP contribution in [-0.4, -0.2) is 48.8 Å². The first-order valence-electron chi connectivity index (χ1n) is 7.50. The van der Waals surface area contributed by atoms with E-state index in [1.807, 2.05) is 0 Å². The third kappa shape index (κ3) is 3.44. The molecule has 0 radical (unpaired) electrons. The van der Waals surface area contributed by atoms with E-state index in [0.717, 1.165) is 0 Å². The van der Waals surface area contributed by atoms with Crippen LogP contribution in [0, 0.1) is 10.1 Å². The quantitative estimate of drug-likeness (QED) is 0.593. The zero-order chi connectivity index (χ0) is 18.0. The van der Waals surface area contributed by atoms with Gasteiger partial charge in [-0.25, -0.2) is 13.4 Å². The molecule has 0 aliphatic carbocycles. The van der Waals surface area contributed by atoms with Crippen molar-refractivity contribution in [1.29, 1.82) is 0 Å². The number of pyridine rings is 1. The number of halogens is 1. The van der Waals surface area contributed by atoms with E-state index in [9.17, 15) is 18.5 Å². The van der Waals surface area contributed by atoms with Gasteiger partial charge in [0.15, 0.2) is 0 Å². The maximum Gasteiger partial charge on any atom is 0.311 e. The molecule has 0 N–H and O–H groups in total. The van der Waals surface area contributed by atoms with E-state index >= 15 is 0 Å². The Hall–Kier alpha value is -2.23. The Balaban J connectivity index is 1.79. The minimum Gasteiger partial charge on any atom is -0.348 e. The van der Waals surface area contributed by atoms with Crippen LogP contribution in [0.15, 0.2) is 47.5 Å². The number of hydrogen-bond acceptors (Lipinski definition) is 6. The molecule has 1 aromatic heterocycles. The van der Waals surface area contributed by atoms with Crippen molar-refractivity contribution in [2.24, 2.45) is 0 Å². The van der Waals surface area contributed by atoms with E-state index in [1.165, 1.54) is 34.8 Å². The van der Waals surface area contributed by atoms with E-state index in [-0.39, 0.29) is 34.5 Å². The number of aromatic nitrogens is 1. The molecule has 0 spiro atoms. The second-order valence-electron chi connectivity index (χ2n) is 5.42. The molecule has 3 rings (SSSR count). The molecular weight excluding hydrogens is 368 g/mol. The molecule has 1 aromatic carbocycles. The highest BCUT2D eigenvalue weighted by atomic mass is 35.5. The lowest BCUT2D eigenvalue weighted by atomic mass is 10.3. The highest BCUT2D eigenvalue weighted by Gasteiger charge is 2.32. The molecule has 8 nitrogen and oxygen atoms in total. The van der Waals surface area contributed by atoms with Crippen LogP contribution in [0.1, 0.15) is 0 Å². The lowest BCUT2D eigenvalue weighted by Gasteiger charge is -2.34. The summed E-state index contributed by atoms with van der Waals surface area (Å²) < 4.78 is 26.8. The monoisotopic (exact) mass is 382 g/mol. The van der Waals surface area contributed by atoms with Gasteiger partial charge < -0.3 is 4.90 Å². The van der Waals surface area contributed by atoms with Crippen LogP contribution < -0.4 is 4.90 Å². The molecule has 1 saturated heterocycles. The van der Waals surface area contributed by atoms with Gasteiger partial charge in [-0.1, -0.05) is 23.7 Å². The molecule has 2 aromatic rings. The van der Waals surface area contributed by atoms with Crippen LogP contribution in [0.25, 0.3) is 0 Å². The summed E-state index contributed by atoms with van der Waals surface area (Å²) in [6.07, 6.45) is 1.48. The Morgan fingerprint density at radius 3 is 2.40 bits per heavy atom. The SMILES string of the molecule is O=[N+]([O-])c1cccnc1N1CCN(S(=O)(=O)c2ccccc2Cl)CC1. The first-order chi connectivity index (χ1) is 11.9. The zero-order valence-corrected chi connectivity index (χ0v) is 14.7. The molecule has 0 unspecified atom stereocenters. The lowest BCUT2D eigenvalue weighted by molar-refractivity contribution is -0.384. The molecule has 1 aliphatic heterocycles. The minimum absolute atomic E-state index is 0.0638. The van der Waals surface area contributed by atoms with Crippen molar-refractivity contribution >= 4 is 33.1 Å². The first kappa shape index (κ1) is 17.6. The van der Waals surface area contributed by atoms with Gasteiger partial charge in [0.1, 0.15) is 4.90 Å². The number of piperazine rings is 1. The Kier molecular flexibility index (Phi) is 4.89. The predicted octanol–water partition coefficient (Wildman–Crippen LogP) is 2.15. The van der Waals surface area contributed by atoms with Crippen molar-refractivity contribution in [3.63, 3.8) is 0 Å². The maximum atomic E-state index is 12.7. The topological polar surface area (TPSA) is 96.7 Å². The third-order valence-electron chi connectivity index (χ3n) is 3.96. The van der Waals surface area contributed by atoms with Crippen molar-refractivity contribution in [2.45, 2.75) is 4.90 Å². The van der Waals surface area contributed by atoms with Gasteiger partial charge in [-0.2, -0.15) is 4.31 Å². The fourth-order valence-corrected chi connectivity index (χ4v) is 4.62. The average molecular weight is 383 g/mol. The number of anilines is 1. The van der Waals surface area contributed by atoms with E-state index in [0.29, 0.717) is 13.1 Å². The average Bonchev–Trinajstić information content (AvgIpc) is 2.62. The molecule has 1 fully saturated rings. The largest absolute Gasteiger partial charge is 0.348 e. The van der Waals surface area contributed by atoms with Crippen molar-refractivity contribution < 1.29 is 13.3 Å². The molecule has 10 heteroatoms. The molecular formula is C15H15ClN4O4S. The maximum absolute atomic E-state index is 12.7. The summed E-state index contributed by atoms with van der Waals surface area (Å²) in [6, 6.07) is 9.16. The molecule has 132 valence electrons. The van der Waals surface area contributed by atoms with Crippen molar-refractivity contribution in [3.8, 4) is 0 Å². The van der Waals surface area contributed by atoms with Gasteiger partial charge in [-0.05, 0) is 18.2 Å². The summed E-state index contributed by atoms with van der Waals surface area (Å²) in [5.41, 5.74) is -0.0927. The molecule has 0 saturated carbocycles. The fourth-order valence-electron chi connectivity index (χ4n) is 2.71.